The van der Waals surface area contributed by atoms with Crippen LogP contribution in [0, 0.1) is 0 Å². The lowest BCUT2D eigenvalue weighted by molar-refractivity contribution is -0.807. The fraction of sp³-hybridized carbons (Fsp3) is 0.471. The molecular weight excluding hydrogens is 613 g/mol. The number of phenolic OH excluding ortho intramolecular Hbond substituents is 2. The van der Waals surface area contributed by atoms with E-state index in [4.69, 9.17) is 4.74 Å². The Hall–Kier alpha value is -3.18. The van der Waals surface area contributed by atoms with Crippen LogP contribution < -0.4 is 9.64 Å². The molecule has 4 unspecified atom stereocenters. The number of phenols is 2. The van der Waals surface area contributed by atoms with Crippen molar-refractivity contribution in [2.75, 3.05) is 31.7 Å². The number of quaternary nitrogens is 1. The van der Waals surface area contributed by atoms with E-state index >= 15 is 0 Å². The van der Waals surface area contributed by atoms with Crippen molar-refractivity contribution in [3.05, 3.63) is 83.4 Å². The number of alkyl halides is 5. The molecule has 4 rings (SSSR count). The van der Waals surface area contributed by atoms with Crippen molar-refractivity contribution in [1.82, 2.24) is 0 Å². The first kappa shape index (κ1) is 34.7. The van der Waals surface area contributed by atoms with Crippen LogP contribution in [0.3, 0.4) is 0 Å². The van der Waals surface area contributed by atoms with Crippen LogP contribution >= 0.6 is 0 Å². The van der Waals surface area contributed by atoms with Gasteiger partial charge < -0.3 is 19.8 Å². The molecule has 4 atom stereocenters. The maximum absolute atomic E-state index is 13.1. The normalized spacial score (nSPS) is 19.8. The minimum atomic E-state index is -5.58. The van der Waals surface area contributed by atoms with Crippen molar-refractivity contribution in [2.24, 2.45) is 0 Å². The lowest BCUT2D eigenvalue weighted by Crippen LogP contribution is -3.04. The van der Waals surface area contributed by atoms with Crippen LogP contribution in [0.4, 0.5) is 27.6 Å². The number of ether oxygens (including phenoxy) is 1. The van der Waals surface area contributed by atoms with Crippen LogP contribution in [-0.2, 0) is 22.6 Å². The number of hydrogen-bond acceptors (Lipinski definition) is 4. The van der Waals surface area contributed by atoms with Crippen molar-refractivity contribution in [2.45, 2.75) is 68.9 Å². The van der Waals surface area contributed by atoms with Crippen molar-refractivity contribution < 1.29 is 46.0 Å². The van der Waals surface area contributed by atoms with Crippen LogP contribution in [0.25, 0.3) is 0 Å². The van der Waals surface area contributed by atoms with Gasteiger partial charge in [-0.3, -0.25) is 4.21 Å². The summed E-state index contributed by atoms with van der Waals surface area (Å²) >= 11 is 0. The molecule has 3 aromatic carbocycles. The Bertz CT molecular complexity index is 1430. The lowest BCUT2D eigenvalue weighted by atomic mass is 9.66. The molecule has 0 bridgehead atoms. The van der Waals surface area contributed by atoms with Crippen molar-refractivity contribution in [3.63, 3.8) is 0 Å². The van der Waals surface area contributed by atoms with Gasteiger partial charge in [-0.2, -0.15) is 22.0 Å². The van der Waals surface area contributed by atoms with E-state index in [1.165, 1.54) is 5.56 Å². The van der Waals surface area contributed by atoms with E-state index in [2.05, 4.69) is 19.1 Å². The van der Waals surface area contributed by atoms with Gasteiger partial charge in [0, 0.05) is 40.4 Å². The largest absolute Gasteiger partial charge is 0.508 e. The zero-order valence-corrected chi connectivity index (χ0v) is 26.3. The quantitative estimate of drug-likeness (QED) is 0.132. The number of halogens is 5. The first-order valence-electron chi connectivity index (χ1n) is 15.2. The summed E-state index contributed by atoms with van der Waals surface area (Å²) in [5.41, 5.74) is 3.98. The van der Waals surface area contributed by atoms with E-state index in [-0.39, 0.29) is 34.3 Å². The Morgan fingerprint density at radius 2 is 1.58 bits per heavy atom. The summed E-state index contributed by atoms with van der Waals surface area (Å²) in [7, 11) is 0.428. The SMILES string of the molecule is C[NH+](CCS(=O)CCCC(F)(F)C(F)(F)F)c1ccc(CCCCC2c3ccc(O)cc3OCC2(C)c2ccc(O)cc2)cc1. The molecule has 0 aromatic heterocycles. The summed E-state index contributed by atoms with van der Waals surface area (Å²) in [4.78, 5) is 0.980. The number of unbranched alkanes of at least 4 members (excludes halogenated alkanes) is 1. The molecule has 0 radical (unpaired) electrons. The van der Waals surface area contributed by atoms with Gasteiger partial charge in [-0.25, -0.2) is 0 Å². The minimum absolute atomic E-state index is 0.151. The van der Waals surface area contributed by atoms with Gasteiger partial charge in [0.2, 0.25) is 0 Å². The van der Waals surface area contributed by atoms with Crippen molar-refractivity contribution >= 4 is 16.5 Å². The average molecular weight is 655 g/mol. The van der Waals surface area contributed by atoms with Crippen molar-refractivity contribution in [3.8, 4) is 17.2 Å². The molecule has 0 aliphatic carbocycles. The Kier molecular flexibility index (Phi) is 11.2. The van der Waals surface area contributed by atoms with Gasteiger partial charge in [0.15, 0.2) is 0 Å². The Labute approximate surface area is 263 Å². The molecule has 5 nitrogen and oxygen atoms in total. The third-order valence-corrected chi connectivity index (χ3v) is 10.2. The molecule has 1 aliphatic heterocycles. The monoisotopic (exact) mass is 654 g/mol. The van der Waals surface area contributed by atoms with Gasteiger partial charge in [0.25, 0.3) is 0 Å². The number of fused-ring (bicyclic) bond motifs is 1. The summed E-state index contributed by atoms with van der Waals surface area (Å²) in [5, 5.41) is 19.8. The predicted molar refractivity (Wildman–Crippen MR) is 165 cm³/mol. The number of aryl methyl sites for hydroxylation is 1. The summed E-state index contributed by atoms with van der Waals surface area (Å²) in [6, 6.07) is 20.7. The molecule has 0 saturated carbocycles. The topological polar surface area (TPSA) is 71.2 Å². The molecule has 0 saturated heterocycles. The van der Waals surface area contributed by atoms with Gasteiger partial charge in [-0.05, 0) is 72.7 Å². The van der Waals surface area contributed by atoms with E-state index in [1.807, 2.05) is 37.4 Å². The van der Waals surface area contributed by atoms with E-state index in [1.54, 1.807) is 24.3 Å². The lowest BCUT2D eigenvalue weighted by Gasteiger charge is -2.43. The second kappa shape index (κ2) is 14.5. The molecular formula is C34H41F5NO4S+. The second-order valence-corrected chi connectivity index (χ2v) is 13.9. The molecule has 246 valence electrons. The number of benzene rings is 3. The van der Waals surface area contributed by atoms with Crippen LogP contribution in [0.2, 0.25) is 0 Å². The smallest absolute Gasteiger partial charge is 0.453 e. The van der Waals surface area contributed by atoms with Crippen LogP contribution in [-0.4, -0.2) is 58.2 Å². The van der Waals surface area contributed by atoms with Gasteiger partial charge >= 0.3 is 12.1 Å². The summed E-state index contributed by atoms with van der Waals surface area (Å²) in [6.07, 6.45) is -3.66. The maximum Gasteiger partial charge on any atom is 0.453 e. The van der Waals surface area contributed by atoms with E-state index in [9.17, 15) is 36.4 Å². The molecule has 0 fully saturated rings. The van der Waals surface area contributed by atoms with Crippen molar-refractivity contribution in [1.29, 1.82) is 0 Å². The number of aromatic hydroxyl groups is 2. The molecule has 3 N–H and O–H groups in total. The first-order valence-corrected chi connectivity index (χ1v) is 16.6. The van der Waals surface area contributed by atoms with Crippen LogP contribution in [0.5, 0.6) is 17.2 Å². The molecule has 11 heteroatoms. The summed E-state index contributed by atoms with van der Waals surface area (Å²) in [6.45, 7) is 3.10. The standard InChI is InChI=1S/C34H40F5NO4S/c1-32(25-10-14-27(41)15-11-25)23-44-31-22-28(42)16-17-29(31)30(32)7-4-3-6-24-8-12-26(13-9-24)40(2)19-21-45(43)20-5-18-33(35,36)34(37,38)39/h8-17,22,30,41-42H,3-7,18-21,23H2,1-2H3/p+1. The highest BCUT2D eigenvalue weighted by atomic mass is 32.2. The van der Waals surface area contributed by atoms with Gasteiger partial charge in [-0.15, -0.1) is 0 Å². The van der Waals surface area contributed by atoms with Gasteiger partial charge in [0.05, 0.1) is 26.0 Å². The Morgan fingerprint density at radius 1 is 0.911 bits per heavy atom. The Morgan fingerprint density at radius 3 is 2.24 bits per heavy atom. The highest BCUT2D eigenvalue weighted by molar-refractivity contribution is 7.84. The maximum atomic E-state index is 13.1. The predicted octanol–water partition coefficient (Wildman–Crippen LogP) is 6.82. The third-order valence-electron chi connectivity index (χ3n) is 8.83. The van der Waals surface area contributed by atoms with Gasteiger partial charge in [-0.1, -0.05) is 43.7 Å². The highest BCUT2D eigenvalue weighted by Crippen LogP contribution is 2.49. The van der Waals surface area contributed by atoms with E-state index < -0.39 is 35.7 Å². The molecule has 3 aromatic rings. The first-order chi connectivity index (χ1) is 21.2. The second-order valence-electron chi connectivity index (χ2n) is 12.2. The van der Waals surface area contributed by atoms with Crippen LogP contribution in [0.15, 0.2) is 66.7 Å². The molecule has 0 amide bonds. The van der Waals surface area contributed by atoms with E-state index in [0.29, 0.717) is 18.9 Å². The molecule has 1 aliphatic rings. The molecule has 0 spiro atoms. The van der Waals surface area contributed by atoms with Gasteiger partial charge in [0.1, 0.15) is 22.9 Å². The van der Waals surface area contributed by atoms with Crippen LogP contribution in [0.1, 0.15) is 61.6 Å². The summed E-state index contributed by atoms with van der Waals surface area (Å²) in [5.74, 6) is -3.50. The molecule has 1 heterocycles. The minimum Gasteiger partial charge on any atom is -0.508 e. The number of nitrogens with one attached hydrogen (secondary N) is 1. The number of rotatable bonds is 14. The number of hydrogen-bond donors (Lipinski definition) is 3. The zero-order chi connectivity index (χ0) is 32.8. The summed E-state index contributed by atoms with van der Waals surface area (Å²) < 4.78 is 81.3. The third kappa shape index (κ3) is 8.76. The average Bonchev–Trinajstić information content (AvgIpc) is 2.99. The fourth-order valence-electron chi connectivity index (χ4n) is 5.95. The zero-order valence-electron chi connectivity index (χ0n) is 25.5. The highest BCUT2D eigenvalue weighted by Gasteiger charge is 2.56. The Balaban J connectivity index is 1.27. The molecule has 45 heavy (non-hydrogen) atoms. The van der Waals surface area contributed by atoms with E-state index in [0.717, 1.165) is 47.4 Å². The fourth-order valence-corrected chi connectivity index (χ4v) is 7.16.